The van der Waals surface area contributed by atoms with E-state index in [1.165, 1.54) is 0 Å². The van der Waals surface area contributed by atoms with E-state index in [1.54, 1.807) is 0 Å². The smallest absolute Gasteiger partial charge is 0.205 e. The molecular weight excluding hydrogens is 192 g/mol. The molecule has 9 heavy (non-hydrogen) atoms. The average molecular weight is 195 g/mol. The molecule has 1 aliphatic carbocycles. The van der Waals surface area contributed by atoms with Gasteiger partial charge in [0.2, 0.25) is 0 Å². The second-order valence-electron chi connectivity index (χ2n) is 2.06. The highest BCUT2D eigenvalue weighted by Gasteiger charge is 2.64. The van der Waals surface area contributed by atoms with Crippen molar-refractivity contribution < 1.29 is 8.78 Å². The standard InChI is InChI=1S/C4H3Cl3F2/c5-2-3(6,7)1-4(2,8)9/h2H,1H2. The molecule has 0 bridgehead atoms. The molecule has 1 rings (SSSR count). The molecule has 0 heterocycles. The van der Waals surface area contributed by atoms with E-state index < -0.39 is 22.1 Å². The van der Waals surface area contributed by atoms with Crippen molar-refractivity contribution in [2.24, 2.45) is 0 Å². The summed E-state index contributed by atoms with van der Waals surface area (Å²) in [5, 5.41) is -1.44. The van der Waals surface area contributed by atoms with Crippen molar-refractivity contribution in [1.29, 1.82) is 0 Å². The van der Waals surface area contributed by atoms with Gasteiger partial charge in [0.1, 0.15) is 9.71 Å². The normalized spacial score (nSPS) is 37.7. The third-order valence-corrected chi connectivity index (χ3v) is 2.83. The van der Waals surface area contributed by atoms with Gasteiger partial charge in [0.05, 0.1) is 0 Å². The molecule has 0 nitrogen and oxygen atoms in total. The Balaban J connectivity index is 2.62. The van der Waals surface area contributed by atoms with E-state index in [1.807, 2.05) is 0 Å². The third kappa shape index (κ3) is 1.13. The topological polar surface area (TPSA) is 0 Å². The first-order valence-corrected chi connectivity index (χ1v) is 3.45. The Morgan fingerprint density at radius 1 is 1.33 bits per heavy atom. The Morgan fingerprint density at radius 3 is 1.78 bits per heavy atom. The van der Waals surface area contributed by atoms with Crippen LogP contribution in [0.2, 0.25) is 0 Å². The first kappa shape index (κ1) is 7.83. The number of hydrogen-bond acceptors (Lipinski definition) is 0. The summed E-state index contributed by atoms with van der Waals surface area (Å²) in [5.74, 6) is -2.88. The van der Waals surface area contributed by atoms with E-state index in [4.69, 9.17) is 34.8 Å². The van der Waals surface area contributed by atoms with Crippen LogP contribution in [0, 0.1) is 0 Å². The van der Waals surface area contributed by atoms with Crippen molar-refractivity contribution in [2.45, 2.75) is 22.1 Å². The molecule has 1 aliphatic rings. The zero-order valence-electron chi connectivity index (χ0n) is 4.17. The van der Waals surface area contributed by atoms with Crippen LogP contribution in [0.5, 0.6) is 0 Å². The molecule has 1 unspecified atom stereocenters. The number of halogens is 5. The number of alkyl halides is 5. The maximum Gasteiger partial charge on any atom is 0.270 e. The van der Waals surface area contributed by atoms with Crippen LogP contribution < -0.4 is 0 Å². The van der Waals surface area contributed by atoms with Gasteiger partial charge < -0.3 is 0 Å². The minimum Gasteiger partial charge on any atom is -0.205 e. The molecule has 0 amide bonds. The average Bonchev–Trinajstić information content (AvgIpc) is 1.63. The highest BCUT2D eigenvalue weighted by Crippen LogP contribution is 2.55. The molecule has 0 N–H and O–H groups in total. The van der Waals surface area contributed by atoms with Gasteiger partial charge in [-0.05, 0) is 0 Å². The van der Waals surface area contributed by atoms with Gasteiger partial charge in [-0.2, -0.15) is 0 Å². The minimum absolute atomic E-state index is 0.544. The monoisotopic (exact) mass is 194 g/mol. The fourth-order valence-electron chi connectivity index (χ4n) is 0.671. The van der Waals surface area contributed by atoms with Crippen LogP contribution in [0.25, 0.3) is 0 Å². The largest absolute Gasteiger partial charge is 0.270 e. The summed E-state index contributed by atoms with van der Waals surface area (Å²) >= 11 is 15.7. The molecule has 0 radical (unpaired) electrons. The molecule has 0 saturated heterocycles. The highest BCUT2D eigenvalue weighted by molar-refractivity contribution is 6.53. The second-order valence-corrected chi connectivity index (χ2v) is 4.04. The minimum atomic E-state index is -2.88. The SMILES string of the molecule is FC1(F)CC(Cl)(Cl)C1Cl. The van der Waals surface area contributed by atoms with Gasteiger partial charge in [0.25, 0.3) is 5.92 Å². The lowest BCUT2D eigenvalue weighted by Crippen LogP contribution is -2.56. The summed E-state index contributed by atoms with van der Waals surface area (Å²) in [4.78, 5) is 0. The van der Waals surface area contributed by atoms with Crippen LogP contribution >= 0.6 is 34.8 Å². The van der Waals surface area contributed by atoms with Crippen LogP contribution in [0.1, 0.15) is 6.42 Å². The van der Waals surface area contributed by atoms with Crippen molar-refractivity contribution >= 4 is 34.8 Å². The second kappa shape index (κ2) is 1.86. The van der Waals surface area contributed by atoms with Crippen LogP contribution in [0.4, 0.5) is 8.78 Å². The molecule has 1 saturated carbocycles. The zero-order chi connectivity index (χ0) is 7.28. The van der Waals surface area contributed by atoms with Crippen LogP contribution in [0.15, 0.2) is 0 Å². The van der Waals surface area contributed by atoms with Crippen molar-refractivity contribution in [1.82, 2.24) is 0 Å². The summed E-state index contributed by atoms with van der Waals surface area (Å²) in [5.41, 5.74) is 0. The molecular formula is C4H3Cl3F2. The number of hydrogen-bond donors (Lipinski definition) is 0. The van der Waals surface area contributed by atoms with Crippen LogP contribution in [-0.2, 0) is 0 Å². The molecule has 0 aromatic heterocycles. The molecule has 0 aromatic rings. The van der Waals surface area contributed by atoms with Crippen molar-refractivity contribution in [3.05, 3.63) is 0 Å². The molecule has 1 atom stereocenters. The van der Waals surface area contributed by atoms with Crippen molar-refractivity contribution in [3.63, 3.8) is 0 Å². The number of rotatable bonds is 0. The Kier molecular flexibility index (Phi) is 1.62. The Hall–Kier alpha value is 0.730. The first-order chi connectivity index (χ1) is 3.86. The molecule has 5 heteroatoms. The summed E-state index contributed by atoms with van der Waals surface area (Å²) in [6, 6.07) is 0. The predicted octanol–water partition coefficient (Wildman–Crippen LogP) is 2.81. The van der Waals surface area contributed by atoms with E-state index in [0.717, 1.165) is 0 Å². The van der Waals surface area contributed by atoms with Gasteiger partial charge >= 0.3 is 0 Å². The van der Waals surface area contributed by atoms with E-state index in [-0.39, 0.29) is 0 Å². The maximum atomic E-state index is 12.1. The fraction of sp³-hybridized carbons (Fsp3) is 1.00. The van der Waals surface area contributed by atoms with Gasteiger partial charge in [-0.25, -0.2) is 8.78 Å². The van der Waals surface area contributed by atoms with E-state index in [2.05, 4.69) is 0 Å². The van der Waals surface area contributed by atoms with Crippen molar-refractivity contribution in [3.8, 4) is 0 Å². The van der Waals surface area contributed by atoms with Gasteiger partial charge in [0.15, 0.2) is 0 Å². The fourth-order valence-corrected chi connectivity index (χ4v) is 1.50. The lowest BCUT2D eigenvalue weighted by molar-refractivity contribution is -0.0725. The van der Waals surface area contributed by atoms with Crippen LogP contribution in [-0.4, -0.2) is 15.6 Å². The van der Waals surface area contributed by atoms with Crippen molar-refractivity contribution in [2.75, 3.05) is 0 Å². The van der Waals surface area contributed by atoms with Gasteiger partial charge in [-0.15, -0.1) is 11.6 Å². The van der Waals surface area contributed by atoms with E-state index >= 15 is 0 Å². The highest BCUT2D eigenvalue weighted by atomic mass is 35.5. The Morgan fingerprint density at radius 2 is 1.78 bits per heavy atom. The quantitative estimate of drug-likeness (QED) is 0.522. The zero-order valence-corrected chi connectivity index (χ0v) is 6.44. The first-order valence-electron chi connectivity index (χ1n) is 2.26. The summed E-state index contributed by atoms with van der Waals surface area (Å²) in [6.45, 7) is 0. The lowest BCUT2D eigenvalue weighted by atomic mass is 9.93. The molecule has 0 spiro atoms. The molecule has 1 fully saturated rings. The van der Waals surface area contributed by atoms with Gasteiger partial charge in [0, 0.05) is 6.42 Å². The molecule has 54 valence electrons. The van der Waals surface area contributed by atoms with E-state index in [0.29, 0.717) is 0 Å². The summed E-state index contributed by atoms with van der Waals surface area (Å²) in [6.07, 6.45) is -0.544. The molecule has 0 aromatic carbocycles. The van der Waals surface area contributed by atoms with Gasteiger partial charge in [-0.3, -0.25) is 0 Å². The van der Waals surface area contributed by atoms with E-state index in [9.17, 15) is 8.78 Å². The third-order valence-electron chi connectivity index (χ3n) is 1.21. The summed E-state index contributed by atoms with van der Waals surface area (Å²) in [7, 11) is 0. The van der Waals surface area contributed by atoms with Crippen LogP contribution in [0.3, 0.4) is 0 Å². The Bertz CT molecular complexity index is 120. The maximum absolute atomic E-state index is 12.1. The lowest BCUT2D eigenvalue weighted by Gasteiger charge is -2.42. The predicted molar refractivity (Wildman–Crippen MR) is 33.6 cm³/mol. The molecule has 0 aliphatic heterocycles. The Labute approximate surface area is 66.1 Å². The summed E-state index contributed by atoms with van der Waals surface area (Å²) < 4.78 is 22.8. The van der Waals surface area contributed by atoms with Gasteiger partial charge in [-0.1, -0.05) is 23.2 Å².